The van der Waals surface area contributed by atoms with Crippen molar-refractivity contribution in [2.24, 2.45) is 11.5 Å². The van der Waals surface area contributed by atoms with E-state index in [2.05, 4.69) is 53.6 Å². The molecular formula is C48H50Cl2F2N10O6S2. The number of aliphatic hydroxyl groups excluding tert-OH is 2. The lowest BCUT2D eigenvalue weighted by molar-refractivity contribution is 0.0992. The van der Waals surface area contributed by atoms with Crippen molar-refractivity contribution in [2.45, 2.75) is 46.0 Å². The molecule has 0 atom stereocenters. The van der Waals surface area contributed by atoms with Gasteiger partial charge in [-0.2, -0.15) is 9.97 Å². The summed E-state index contributed by atoms with van der Waals surface area (Å²) < 4.78 is 40.3. The summed E-state index contributed by atoms with van der Waals surface area (Å²) in [5, 5.41) is 19.2. The van der Waals surface area contributed by atoms with Crippen molar-refractivity contribution >= 4 is 70.4 Å². The van der Waals surface area contributed by atoms with Gasteiger partial charge in [-0.25, -0.2) is 18.7 Å². The minimum absolute atomic E-state index is 0.0544. The van der Waals surface area contributed by atoms with Crippen molar-refractivity contribution in [1.82, 2.24) is 29.7 Å². The Kier molecular flexibility index (Phi) is 18.1. The lowest BCUT2D eigenvalue weighted by atomic mass is 10.1. The predicted molar refractivity (Wildman–Crippen MR) is 265 cm³/mol. The van der Waals surface area contributed by atoms with Crippen molar-refractivity contribution in [3.63, 3.8) is 0 Å². The highest BCUT2D eigenvalue weighted by Gasteiger charge is 2.22. The molecule has 0 radical (unpaired) electrons. The second-order valence-electron chi connectivity index (χ2n) is 16.3. The molecule has 16 nitrogen and oxygen atoms in total. The fourth-order valence-electron chi connectivity index (χ4n) is 7.16. The van der Waals surface area contributed by atoms with Crippen LogP contribution in [0.5, 0.6) is 11.8 Å². The van der Waals surface area contributed by atoms with E-state index in [4.69, 9.17) is 44.1 Å². The van der Waals surface area contributed by atoms with Crippen molar-refractivity contribution in [3.05, 3.63) is 140 Å². The average Bonchev–Trinajstić information content (AvgIpc) is 3.34. The molecule has 2 aliphatic heterocycles. The van der Waals surface area contributed by atoms with E-state index >= 15 is 0 Å². The Morgan fingerprint density at radius 3 is 1.56 bits per heavy atom. The molecule has 2 aliphatic rings. The summed E-state index contributed by atoms with van der Waals surface area (Å²) >= 11 is 15.0. The van der Waals surface area contributed by atoms with E-state index in [-0.39, 0.29) is 47.6 Å². The molecule has 4 aromatic carbocycles. The van der Waals surface area contributed by atoms with Crippen LogP contribution in [-0.2, 0) is 26.4 Å². The zero-order valence-corrected chi connectivity index (χ0v) is 41.3. The van der Waals surface area contributed by atoms with Gasteiger partial charge in [0.25, 0.3) is 0 Å². The van der Waals surface area contributed by atoms with Crippen LogP contribution in [0.15, 0.2) is 105 Å². The maximum absolute atomic E-state index is 14.3. The number of piperazine rings is 2. The van der Waals surface area contributed by atoms with Gasteiger partial charge in [0, 0.05) is 67.7 Å². The van der Waals surface area contributed by atoms with Crippen LogP contribution in [0.3, 0.4) is 0 Å². The third-order valence-corrected chi connectivity index (χ3v) is 13.7. The highest BCUT2D eigenvalue weighted by Crippen LogP contribution is 2.38. The van der Waals surface area contributed by atoms with Crippen molar-refractivity contribution in [1.29, 1.82) is 0 Å². The number of aliphatic hydroxyl groups is 2. The van der Waals surface area contributed by atoms with Gasteiger partial charge in [0.05, 0.1) is 56.6 Å². The molecule has 0 saturated carbocycles. The van der Waals surface area contributed by atoms with Crippen LogP contribution in [0.4, 0.5) is 20.7 Å². The lowest BCUT2D eigenvalue weighted by Gasteiger charge is -2.32. The summed E-state index contributed by atoms with van der Waals surface area (Å²) in [6, 6.07) is 18.6. The number of carbonyl (C=O) groups is 2. The maximum atomic E-state index is 14.3. The van der Waals surface area contributed by atoms with Gasteiger partial charge in [-0.15, -0.1) is 0 Å². The van der Waals surface area contributed by atoms with Gasteiger partial charge in [-0.3, -0.25) is 9.59 Å². The molecule has 0 aliphatic carbocycles. The summed E-state index contributed by atoms with van der Waals surface area (Å²) in [6.07, 6.45) is 3.35. The Morgan fingerprint density at radius 2 is 1.10 bits per heavy atom. The summed E-state index contributed by atoms with van der Waals surface area (Å²) in [4.78, 5) is 52.7. The van der Waals surface area contributed by atoms with Crippen LogP contribution in [0, 0.1) is 11.6 Å². The van der Waals surface area contributed by atoms with Crippen molar-refractivity contribution < 1.29 is 38.1 Å². The molecule has 2 amide bonds. The molecule has 2 fully saturated rings. The third kappa shape index (κ3) is 13.9. The molecule has 22 heteroatoms. The third-order valence-electron chi connectivity index (χ3n) is 11.1. The number of benzene rings is 4. The van der Waals surface area contributed by atoms with Gasteiger partial charge in [-0.05, 0) is 97.5 Å². The first-order chi connectivity index (χ1) is 33.7. The van der Waals surface area contributed by atoms with E-state index < -0.39 is 23.4 Å². The molecule has 2 aromatic heterocycles. The Balaban J connectivity index is 0.000000206. The molecule has 368 valence electrons. The van der Waals surface area contributed by atoms with Gasteiger partial charge in [0.15, 0.2) is 0 Å². The molecule has 0 bridgehead atoms. The number of carbonyl (C=O) groups excluding carboxylic acids is 2. The van der Waals surface area contributed by atoms with E-state index in [0.29, 0.717) is 55.7 Å². The number of aromatic nitrogens is 4. The molecule has 70 heavy (non-hydrogen) atoms. The topological polar surface area (TPSA) is 210 Å². The van der Waals surface area contributed by atoms with Crippen molar-refractivity contribution in [3.8, 4) is 11.8 Å². The molecule has 8 rings (SSSR count). The predicted octanol–water partition coefficient (Wildman–Crippen LogP) is 6.68. The van der Waals surface area contributed by atoms with Crippen LogP contribution in [-0.4, -0.2) is 118 Å². The summed E-state index contributed by atoms with van der Waals surface area (Å²) in [5.41, 5.74) is 13.1. The fraction of sp³-hybridized carbons (Fsp3) is 0.292. The van der Waals surface area contributed by atoms with Crippen LogP contribution in [0.1, 0.15) is 43.0 Å². The number of amides is 2. The van der Waals surface area contributed by atoms with Crippen LogP contribution < -0.4 is 30.7 Å². The quantitative estimate of drug-likeness (QED) is 0.0797. The number of anilines is 2. The van der Waals surface area contributed by atoms with E-state index in [1.54, 1.807) is 60.9 Å². The Labute approximate surface area is 421 Å². The number of halogens is 4. The normalized spacial score (nSPS) is 14.2. The highest BCUT2D eigenvalue weighted by molar-refractivity contribution is 7.99. The number of likely N-dealkylation sites (N-methyl/N-ethyl adjacent to an activating group) is 2. The van der Waals surface area contributed by atoms with E-state index in [0.717, 1.165) is 62.1 Å². The number of hydrogen-bond donors (Lipinski definition) is 4. The first-order valence-electron chi connectivity index (χ1n) is 21.8. The van der Waals surface area contributed by atoms with Gasteiger partial charge >= 0.3 is 0 Å². The number of ether oxygens (including phenoxy) is 2. The number of rotatable bonds is 16. The zero-order chi connectivity index (χ0) is 49.9. The zero-order valence-electron chi connectivity index (χ0n) is 38.2. The SMILES string of the molecule is CN1CCN(c2ncc(Sc3ccc(C(N)=O)c(Cl)c3)c(OCc3cc(CO)ccc3F)n2)CC1.CN1CCN(c2ncc(Sc3ccc(C(N)=O)c(Cl)c3)c(OCc3cc(F)cc(CO)c3)n2)CC1. The average molecular weight is 1040 g/mol. The smallest absolute Gasteiger partial charge is 0.250 e. The Morgan fingerprint density at radius 1 is 0.629 bits per heavy atom. The van der Waals surface area contributed by atoms with Crippen LogP contribution in [0.25, 0.3) is 0 Å². The first-order valence-corrected chi connectivity index (χ1v) is 24.2. The van der Waals surface area contributed by atoms with Gasteiger partial charge in [0.2, 0.25) is 35.5 Å². The van der Waals surface area contributed by atoms with E-state index in [1.807, 2.05) is 0 Å². The monoisotopic (exact) mass is 1030 g/mol. The number of primary amides is 2. The summed E-state index contributed by atoms with van der Waals surface area (Å²) in [6.45, 7) is 6.22. The van der Waals surface area contributed by atoms with Crippen LogP contribution >= 0.6 is 46.7 Å². The summed E-state index contributed by atoms with van der Waals surface area (Å²) in [7, 11) is 4.14. The Hall–Kier alpha value is -5.84. The molecular weight excluding hydrogens is 986 g/mol. The number of nitrogens with zero attached hydrogens (tertiary/aromatic N) is 8. The molecule has 2 saturated heterocycles. The van der Waals surface area contributed by atoms with Crippen molar-refractivity contribution in [2.75, 3.05) is 76.3 Å². The number of nitrogens with two attached hydrogens (primary N) is 2. The van der Waals surface area contributed by atoms with Gasteiger partial charge in [0.1, 0.15) is 24.8 Å². The molecule has 6 aromatic rings. The minimum atomic E-state index is -0.609. The first kappa shape index (κ1) is 52.0. The number of hydrogen-bond acceptors (Lipinski definition) is 16. The lowest BCUT2D eigenvalue weighted by Crippen LogP contribution is -2.45. The molecule has 0 unspecified atom stereocenters. The van der Waals surface area contributed by atoms with Crippen LogP contribution in [0.2, 0.25) is 10.0 Å². The Bertz CT molecular complexity index is 2820. The maximum Gasteiger partial charge on any atom is 0.250 e. The van der Waals surface area contributed by atoms with Gasteiger partial charge < -0.3 is 50.8 Å². The van der Waals surface area contributed by atoms with Gasteiger partial charge in [-0.1, -0.05) is 52.8 Å². The largest absolute Gasteiger partial charge is 0.472 e. The second kappa shape index (κ2) is 24.3. The summed E-state index contributed by atoms with van der Waals surface area (Å²) in [5.74, 6) is -0.380. The van der Waals surface area contributed by atoms with E-state index in [9.17, 15) is 28.6 Å². The highest BCUT2D eigenvalue weighted by atomic mass is 35.5. The van der Waals surface area contributed by atoms with E-state index in [1.165, 1.54) is 47.8 Å². The fourth-order valence-corrected chi connectivity index (χ4v) is 9.56. The standard InChI is InChI=1S/2C24H25ClFN5O3S/c1-30-6-8-31(9-7-30)24-28-12-21(35-17-3-4-18(22(27)33)19(25)11-17)23(29-24)34-14-16-10-15(13-32)2-5-20(16)26;1-30-4-6-31(7-5-30)24-28-12-21(35-18-2-3-19(22(27)33)20(25)11-18)23(29-24)34-14-16-8-15(13-32)9-17(26)10-16/h2-5,10-12,32H,6-9,13-14H2,1H3,(H2,27,33);2-3,8-12,32H,4-7,13-14H2,1H3,(H2,27,33). The second-order valence-corrected chi connectivity index (χ2v) is 19.3. The molecule has 0 spiro atoms. The molecule has 6 N–H and O–H groups in total. The minimum Gasteiger partial charge on any atom is -0.472 e. The molecule has 4 heterocycles.